The fraction of sp³-hybridized carbons (Fsp3) is 0.462. The van der Waals surface area contributed by atoms with E-state index >= 15 is 0 Å². The minimum atomic E-state index is -3.82. The van der Waals surface area contributed by atoms with Gasteiger partial charge in [-0.3, -0.25) is 4.79 Å². The highest BCUT2D eigenvalue weighted by Gasteiger charge is 2.17. The molecule has 1 aromatic carbocycles. The first kappa shape index (κ1) is 15.7. The summed E-state index contributed by atoms with van der Waals surface area (Å²) in [4.78, 5) is 12.0. The second kappa shape index (κ2) is 5.71. The Morgan fingerprint density at radius 2 is 1.84 bits per heavy atom. The van der Waals surface area contributed by atoms with Crippen molar-refractivity contribution in [2.24, 2.45) is 11.1 Å². The molecule has 0 spiro atoms. The standard InChI is InChI=1S/C13H20N2O3S/c1-8(2)7-15-13(16)11-6-12(19(14,17)18)10(4)5-9(11)3/h5-6,8H,7H2,1-4H3,(H,15,16)(H2,14,17,18). The van der Waals surface area contributed by atoms with E-state index < -0.39 is 10.0 Å². The van der Waals surface area contributed by atoms with Gasteiger partial charge in [-0.1, -0.05) is 19.9 Å². The minimum Gasteiger partial charge on any atom is -0.352 e. The number of amides is 1. The molecule has 3 N–H and O–H groups in total. The molecule has 0 heterocycles. The van der Waals surface area contributed by atoms with Crippen molar-refractivity contribution in [3.05, 3.63) is 28.8 Å². The van der Waals surface area contributed by atoms with Crippen molar-refractivity contribution in [3.8, 4) is 0 Å². The Bertz CT molecular complexity index is 592. The average molecular weight is 284 g/mol. The molecule has 0 fully saturated rings. The van der Waals surface area contributed by atoms with Gasteiger partial charge in [-0.15, -0.1) is 0 Å². The number of rotatable bonds is 4. The third-order valence-electron chi connectivity index (χ3n) is 2.74. The van der Waals surface area contributed by atoms with Gasteiger partial charge in [0.05, 0.1) is 4.90 Å². The number of hydrogen-bond acceptors (Lipinski definition) is 3. The molecule has 0 unspecified atom stereocenters. The smallest absolute Gasteiger partial charge is 0.251 e. The average Bonchev–Trinajstić information content (AvgIpc) is 2.24. The van der Waals surface area contributed by atoms with Crippen molar-refractivity contribution in [1.29, 1.82) is 0 Å². The van der Waals surface area contributed by atoms with Gasteiger partial charge >= 0.3 is 0 Å². The molecule has 106 valence electrons. The number of aryl methyl sites for hydroxylation is 2. The van der Waals surface area contributed by atoms with Crippen molar-refractivity contribution in [1.82, 2.24) is 5.32 Å². The summed E-state index contributed by atoms with van der Waals surface area (Å²) in [6.45, 7) is 7.93. The maximum Gasteiger partial charge on any atom is 0.251 e. The first-order valence-electron chi connectivity index (χ1n) is 6.05. The fourth-order valence-corrected chi connectivity index (χ4v) is 2.57. The number of carbonyl (C=O) groups is 1. The summed E-state index contributed by atoms with van der Waals surface area (Å²) in [5, 5.41) is 7.90. The Kier molecular flexibility index (Phi) is 4.70. The molecule has 0 bridgehead atoms. The number of sulfonamides is 1. The summed E-state index contributed by atoms with van der Waals surface area (Å²) in [6.07, 6.45) is 0. The summed E-state index contributed by atoms with van der Waals surface area (Å²) in [7, 11) is -3.82. The Balaban J connectivity index is 3.19. The van der Waals surface area contributed by atoms with E-state index in [0.29, 0.717) is 23.6 Å². The van der Waals surface area contributed by atoms with E-state index in [1.165, 1.54) is 6.07 Å². The van der Waals surface area contributed by atoms with Crippen molar-refractivity contribution in [3.63, 3.8) is 0 Å². The van der Waals surface area contributed by atoms with Gasteiger partial charge in [0.25, 0.3) is 5.91 Å². The summed E-state index contributed by atoms with van der Waals surface area (Å²) < 4.78 is 22.9. The second-order valence-corrected chi connectivity index (χ2v) is 6.61. The molecule has 0 aliphatic heterocycles. The largest absolute Gasteiger partial charge is 0.352 e. The zero-order valence-corrected chi connectivity index (χ0v) is 12.5. The number of hydrogen-bond donors (Lipinski definition) is 2. The molecule has 5 nitrogen and oxygen atoms in total. The van der Waals surface area contributed by atoms with Gasteiger partial charge in [0.2, 0.25) is 10.0 Å². The molecule has 1 amide bonds. The van der Waals surface area contributed by atoms with Crippen LogP contribution in [-0.2, 0) is 10.0 Å². The Hall–Kier alpha value is -1.40. The fourth-order valence-electron chi connectivity index (χ4n) is 1.78. The van der Waals surface area contributed by atoms with E-state index in [0.717, 1.165) is 5.56 Å². The highest BCUT2D eigenvalue weighted by Crippen LogP contribution is 2.19. The van der Waals surface area contributed by atoms with Crippen molar-refractivity contribution in [2.75, 3.05) is 6.54 Å². The van der Waals surface area contributed by atoms with Crippen LogP contribution in [0.1, 0.15) is 35.3 Å². The third-order valence-corrected chi connectivity index (χ3v) is 3.80. The zero-order valence-electron chi connectivity index (χ0n) is 11.6. The van der Waals surface area contributed by atoms with Crippen molar-refractivity contribution >= 4 is 15.9 Å². The monoisotopic (exact) mass is 284 g/mol. The normalized spacial score (nSPS) is 11.7. The van der Waals surface area contributed by atoms with Gasteiger partial charge < -0.3 is 5.32 Å². The van der Waals surface area contributed by atoms with E-state index in [1.54, 1.807) is 19.9 Å². The third kappa shape index (κ3) is 4.04. The summed E-state index contributed by atoms with van der Waals surface area (Å²) in [5.41, 5.74) is 1.61. The van der Waals surface area contributed by atoms with Crippen LogP contribution in [0.2, 0.25) is 0 Å². The highest BCUT2D eigenvalue weighted by molar-refractivity contribution is 7.89. The van der Waals surface area contributed by atoms with Crippen molar-refractivity contribution in [2.45, 2.75) is 32.6 Å². The van der Waals surface area contributed by atoms with Crippen LogP contribution in [0.5, 0.6) is 0 Å². The molecule has 1 aromatic rings. The zero-order chi connectivity index (χ0) is 14.8. The van der Waals surface area contributed by atoms with Crippen LogP contribution < -0.4 is 10.5 Å². The van der Waals surface area contributed by atoms with Crippen LogP contribution >= 0.6 is 0 Å². The van der Waals surface area contributed by atoms with Crippen LogP contribution in [0.3, 0.4) is 0 Å². The molecule has 1 rings (SSSR count). The predicted octanol–water partition coefficient (Wildman–Crippen LogP) is 1.34. The first-order valence-corrected chi connectivity index (χ1v) is 7.59. The maximum absolute atomic E-state index is 12.0. The molecule has 0 aromatic heterocycles. The molecule has 0 aliphatic carbocycles. The Morgan fingerprint density at radius 1 is 1.26 bits per heavy atom. The molecular formula is C13H20N2O3S. The van der Waals surface area contributed by atoms with Gasteiger partial charge in [-0.2, -0.15) is 0 Å². The van der Waals surface area contributed by atoms with Crippen molar-refractivity contribution < 1.29 is 13.2 Å². The predicted molar refractivity (Wildman–Crippen MR) is 74.5 cm³/mol. The van der Waals surface area contributed by atoms with E-state index in [1.807, 2.05) is 13.8 Å². The van der Waals surface area contributed by atoms with Gasteiger partial charge in [-0.05, 0) is 37.0 Å². The van der Waals surface area contributed by atoms with E-state index in [4.69, 9.17) is 5.14 Å². The van der Waals surface area contributed by atoms with Crippen LogP contribution in [0.25, 0.3) is 0 Å². The number of benzene rings is 1. The van der Waals surface area contributed by atoms with Gasteiger partial charge in [-0.25, -0.2) is 13.6 Å². The van der Waals surface area contributed by atoms with Gasteiger partial charge in [0, 0.05) is 12.1 Å². The minimum absolute atomic E-state index is 0.00667. The Labute approximate surface area is 114 Å². The summed E-state index contributed by atoms with van der Waals surface area (Å²) in [6, 6.07) is 3.00. The molecular weight excluding hydrogens is 264 g/mol. The van der Waals surface area contributed by atoms with Crippen LogP contribution in [0.15, 0.2) is 17.0 Å². The number of nitrogens with one attached hydrogen (secondary N) is 1. The lowest BCUT2D eigenvalue weighted by molar-refractivity contribution is 0.0948. The lowest BCUT2D eigenvalue weighted by atomic mass is 10.0. The summed E-state index contributed by atoms with van der Waals surface area (Å²) >= 11 is 0. The molecule has 0 radical (unpaired) electrons. The van der Waals surface area contributed by atoms with E-state index in [9.17, 15) is 13.2 Å². The second-order valence-electron chi connectivity index (χ2n) is 5.08. The number of carbonyl (C=O) groups excluding carboxylic acids is 1. The SMILES string of the molecule is Cc1cc(C)c(S(N)(=O)=O)cc1C(=O)NCC(C)C. The number of nitrogens with two attached hydrogens (primary N) is 1. The number of primary sulfonamides is 1. The molecule has 0 saturated heterocycles. The maximum atomic E-state index is 12.0. The molecule has 6 heteroatoms. The quantitative estimate of drug-likeness (QED) is 0.874. The lowest BCUT2D eigenvalue weighted by Crippen LogP contribution is -2.28. The van der Waals surface area contributed by atoms with E-state index in [-0.39, 0.29) is 10.8 Å². The Morgan fingerprint density at radius 3 is 2.32 bits per heavy atom. The topological polar surface area (TPSA) is 89.3 Å². The van der Waals surface area contributed by atoms with Crippen LogP contribution in [0.4, 0.5) is 0 Å². The first-order chi connectivity index (χ1) is 8.62. The van der Waals surface area contributed by atoms with Gasteiger partial charge in [0.1, 0.15) is 0 Å². The van der Waals surface area contributed by atoms with Gasteiger partial charge in [0.15, 0.2) is 0 Å². The highest BCUT2D eigenvalue weighted by atomic mass is 32.2. The van der Waals surface area contributed by atoms with Crippen LogP contribution in [0, 0.1) is 19.8 Å². The molecule has 0 atom stereocenters. The van der Waals surface area contributed by atoms with E-state index in [2.05, 4.69) is 5.32 Å². The summed E-state index contributed by atoms with van der Waals surface area (Å²) in [5.74, 6) is 0.0449. The molecule has 0 saturated carbocycles. The lowest BCUT2D eigenvalue weighted by Gasteiger charge is -2.12. The van der Waals surface area contributed by atoms with Crippen LogP contribution in [-0.4, -0.2) is 20.9 Å². The molecule has 19 heavy (non-hydrogen) atoms. The molecule has 0 aliphatic rings.